The van der Waals surface area contributed by atoms with E-state index in [4.69, 9.17) is 0 Å². The van der Waals surface area contributed by atoms with Gasteiger partial charge in [0.15, 0.2) is 0 Å². The van der Waals surface area contributed by atoms with Crippen molar-refractivity contribution in [1.82, 2.24) is 4.90 Å². The molecule has 1 amide bonds. The van der Waals surface area contributed by atoms with Crippen molar-refractivity contribution >= 4 is 12.1 Å². The number of carbonyl (C=O) groups is 2. The molecule has 2 rings (SSSR count). The summed E-state index contributed by atoms with van der Waals surface area (Å²) in [7, 11) is 0. The third-order valence-corrected chi connectivity index (χ3v) is 3.34. The molecule has 1 aromatic rings. The number of hydrogen-bond donors (Lipinski definition) is 2. The summed E-state index contributed by atoms with van der Waals surface area (Å²) in [5.41, 5.74) is 0.743. The van der Waals surface area contributed by atoms with Gasteiger partial charge >= 0.3 is 12.1 Å². The Morgan fingerprint density at radius 3 is 2.39 bits per heavy atom. The van der Waals surface area contributed by atoms with Gasteiger partial charge in [-0.3, -0.25) is 4.79 Å². The van der Waals surface area contributed by atoms with Crippen molar-refractivity contribution in [2.75, 3.05) is 6.54 Å². The van der Waals surface area contributed by atoms with Gasteiger partial charge in [-0.05, 0) is 18.4 Å². The van der Waals surface area contributed by atoms with E-state index in [1.54, 1.807) is 24.3 Å². The summed E-state index contributed by atoms with van der Waals surface area (Å²) in [5.74, 6) is -1.60. The highest BCUT2D eigenvalue weighted by atomic mass is 16.4. The molecule has 96 valence electrons. The Balaban J connectivity index is 2.38. The first-order chi connectivity index (χ1) is 8.61. The van der Waals surface area contributed by atoms with Crippen LogP contribution >= 0.6 is 0 Å². The number of amides is 1. The van der Waals surface area contributed by atoms with E-state index in [1.807, 2.05) is 6.07 Å². The molecule has 1 heterocycles. The summed E-state index contributed by atoms with van der Waals surface area (Å²) in [6.07, 6.45) is 0.0421. The zero-order valence-electron chi connectivity index (χ0n) is 9.82. The topological polar surface area (TPSA) is 77.8 Å². The summed E-state index contributed by atoms with van der Waals surface area (Å²) < 4.78 is 0. The predicted molar refractivity (Wildman–Crippen MR) is 64.3 cm³/mol. The van der Waals surface area contributed by atoms with Gasteiger partial charge in [0.25, 0.3) is 0 Å². The fourth-order valence-corrected chi connectivity index (χ4v) is 2.53. The Morgan fingerprint density at radius 1 is 1.17 bits per heavy atom. The summed E-state index contributed by atoms with van der Waals surface area (Å²) in [4.78, 5) is 23.8. The summed E-state index contributed by atoms with van der Waals surface area (Å²) in [6, 6.07) is 8.39. The molecule has 0 spiro atoms. The molecule has 1 aromatic carbocycles. The van der Waals surface area contributed by atoms with Gasteiger partial charge in [-0.2, -0.15) is 0 Å². The number of likely N-dealkylation sites (tertiary alicyclic amines) is 1. The highest BCUT2D eigenvalue weighted by Crippen LogP contribution is 2.36. The average molecular weight is 249 g/mol. The van der Waals surface area contributed by atoms with Crippen LogP contribution in [0.3, 0.4) is 0 Å². The van der Waals surface area contributed by atoms with Gasteiger partial charge in [0.1, 0.15) is 0 Å². The van der Waals surface area contributed by atoms with Crippen molar-refractivity contribution in [3.05, 3.63) is 35.9 Å². The predicted octanol–water partition coefficient (Wildman–Crippen LogP) is 2.20. The molecule has 5 heteroatoms. The van der Waals surface area contributed by atoms with Gasteiger partial charge < -0.3 is 15.1 Å². The third kappa shape index (κ3) is 2.30. The maximum Gasteiger partial charge on any atom is 0.407 e. The van der Waals surface area contributed by atoms with E-state index >= 15 is 0 Å². The van der Waals surface area contributed by atoms with Crippen LogP contribution in [0.25, 0.3) is 0 Å². The molecule has 2 unspecified atom stereocenters. The minimum atomic E-state index is -1.06. The average Bonchev–Trinajstić information content (AvgIpc) is 2.38. The third-order valence-electron chi connectivity index (χ3n) is 3.34. The van der Waals surface area contributed by atoms with E-state index in [1.165, 1.54) is 4.90 Å². The Labute approximate surface area is 105 Å². The van der Waals surface area contributed by atoms with Crippen LogP contribution in [0.15, 0.2) is 30.3 Å². The fraction of sp³-hybridized carbons (Fsp3) is 0.385. The number of rotatable bonds is 2. The van der Waals surface area contributed by atoms with E-state index in [-0.39, 0.29) is 0 Å². The van der Waals surface area contributed by atoms with E-state index in [0.29, 0.717) is 19.4 Å². The van der Waals surface area contributed by atoms with Crippen molar-refractivity contribution in [3.63, 3.8) is 0 Å². The van der Waals surface area contributed by atoms with Crippen LogP contribution in [0, 0.1) is 5.92 Å². The second kappa shape index (κ2) is 5.08. The highest BCUT2D eigenvalue weighted by Gasteiger charge is 2.39. The quantitative estimate of drug-likeness (QED) is 0.842. The minimum Gasteiger partial charge on any atom is -0.481 e. The van der Waals surface area contributed by atoms with Crippen LogP contribution in [-0.2, 0) is 4.79 Å². The standard InChI is InChI=1S/C13H15NO4/c15-12(16)10-7-4-8-14(13(17)18)11(10)9-5-2-1-3-6-9/h1-3,5-6,10-11H,4,7-8H2,(H,15,16)(H,17,18). The zero-order valence-corrected chi connectivity index (χ0v) is 9.82. The van der Waals surface area contributed by atoms with Crippen LogP contribution in [-0.4, -0.2) is 33.7 Å². The lowest BCUT2D eigenvalue weighted by Crippen LogP contribution is -2.44. The molecule has 2 atom stereocenters. The molecule has 1 fully saturated rings. The maximum absolute atomic E-state index is 11.3. The SMILES string of the molecule is O=C(O)C1CCCN(C(=O)O)C1c1ccccc1. The monoisotopic (exact) mass is 249 g/mol. The van der Waals surface area contributed by atoms with E-state index < -0.39 is 24.0 Å². The number of carboxylic acid groups (broad SMARTS) is 2. The van der Waals surface area contributed by atoms with Gasteiger partial charge in [-0.15, -0.1) is 0 Å². The van der Waals surface area contributed by atoms with Gasteiger partial charge in [-0.1, -0.05) is 30.3 Å². The van der Waals surface area contributed by atoms with E-state index in [9.17, 15) is 19.8 Å². The first kappa shape index (κ1) is 12.4. The Morgan fingerprint density at radius 2 is 1.83 bits per heavy atom. The van der Waals surface area contributed by atoms with Crippen LogP contribution in [0.4, 0.5) is 4.79 Å². The lowest BCUT2D eigenvalue weighted by Gasteiger charge is -2.38. The molecule has 0 radical (unpaired) electrons. The van der Waals surface area contributed by atoms with Gasteiger partial charge in [0, 0.05) is 6.54 Å². The molecule has 1 aliphatic heterocycles. The fourth-order valence-electron chi connectivity index (χ4n) is 2.53. The van der Waals surface area contributed by atoms with Crippen LogP contribution < -0.4 is 0 Å². The van der Waals surface area contributed by atoms with Crippen LogP contribution in [0.2, 0.25) is 0 Å². The first-order valence-corrected chi connectivity index (χ1v) is 5.88. The highest BCUT2D eigenvalue weighted by molar-refractivity contribution is 5.74. The Hall–Kier alpha value is -2.04. The maximum atomic E-state index is 11.3. The molecule has 1 saturated heterocycles. The Kier molecular flexibility index (Phi) is 3.50. The second-order valence-electron chi connectivity index (χ2n) is 4.42. The molecule has 18 heavy (non-hydrogen) atoms. The smallest absolute Gasteiger partial charge is 0.407 e. The number of aliphatic carboxylic acids is 1. The molecule has 0 saturated carbocycles. The number of hydrogen-bond acceptors (Lipinski definition) is 2. The van der Waals surface area contributed by atoms with Crippen molar-refractivity contribution in [2.45, 2.75) is 18.9 Å². The van der Waals surface area contributed by atoms with Crippen LogP contribution in [0.5, 0.6) is 0 Å². The molecule has 0 bridgehead atoms. The largest absolute Gasteiger partial charge is 0.481 e. The number of carboxylic acids is 1. The molecule has 1 aliphatic rings. The normalized spacial score (nSPS) is 23.7. The lowest BCUT2D eigenvalue weighted by molar-refractivity contribution is -0.145. The van der Waals surface area contributed by atoms with Crippen molar-refractivity contribution in [3.8, 4) is 0 Å². The molecule has 2 N–H and O–H groups in total. The van der Waals surface area contributed by atoms with Crippen molar-refractivity contribution in [2.24, 2.45) is 5.92 Å². The summed E-state index contributed by atoms with van der Waals surface area (Å²) >= 11 is 0. The summed E-state index contributed by atoms with van der Waals surface area (Å²) in [5, 5.41) is 18.5. The van der Waals surface area contributed by atoms with Crippen molar-refractivity contribution < 1.29 is 19.8 Å². The first-order valence-electron chi connectivity index (χ1n) is 5.88. The second-order valence-corrected chi connectivity index (χ2v) is 4.42. The van der Waals surface area contributed by atoms with Gasteiger partial charge in [-0.25, -0.2) is 4.79 Å². The lowest BCUT2D eigenvalue weighted by atomic mass is 9.85. The number of benzene rings is 1. The molecule has 0 aliphatic carbocycles. The zero-order chi connectivity index (χ0) is 13.1. The van der Waals surface area contributed by atoms with Gasteiger partial charge in [0.2, 0.25) is 0 Å². The molecular formula is C13H15NO4. The van der Waals surface area contributed by atoms with E-state index in [2.05, 4.69) is 0 Å². The number of nitrogens with zero attached hydrogens (tertiary/aromatic N) is 1. The van der Waals surface area contributed by atoms with Crippen molar-refractivity contribution in [1.29, 1.82) is 0 Å². The Bertz CT molecular complexity index is 424. The van der Waals surface area contributed by atoms with E-state index in [0.717, 1.165) is 5.56 Å². The molecule has 5 nitrogen and oxygen atoms in total. The van der Waals surface area contributed by atoms with Crippen LogP contribution in [0.1, 0.15) is 24.4 Å². The molecular weight excluding hydrogens is 234 g/mol. The molecule has 0 aromatic heterocycles. The summed E-state index contributed by atoms with van der Waals surface area (Å²) in [6.45, 7) is 0.388. The number of piperidine rings is 1. The minimum absolute atomic E-state index is 0.388. The van der Waals surface area contributed by atoms with Gasteiger partial charge in [0.05, 0.1) is 12.0 Å².